The fourth-order valence-electron chi connectivity index (χ4n) is 3.76. The first-order valence-corrected chi connectivity index (χ1v) is 11.2. The zero-order valence-electron chi connectivity index (χ0n) is 19.4. The van der Waals surface area contributed by atoms with Crippen molar-refractivity contribution in [2.45, 2.75) is 12.5 Å². The molecular weight excluding hydrogens is 461 g/mol. The zero-order valence-corrected chi connectivity index (χ0v) is 19.4. The number of urea groups is 1. The summed E-state index contributed by atoms with van der Waals surface area (Å²) in [4.78, 5) is 26.9. The number of benzene rings is 2. The summed E-state index contributed by atoms with van der Waals surface area (Å²) in [5.74, 6) is 6.17. The predicted octanol–water partition coefficient (Wildman–Crippen LogP) is 4.40. The SMILES string of the molecule is Cn1cc(Nc2ncc(C#Cc3cccc(NC(=O)N4OCC[C@H]4c4cccc(F)c4)c3)cn2)cn1. The highest BCUT2D eigenvalue weighted by atomic mass is 19.1. The zero-order chi connectivity index (χ0) is 24.9. The van der Waals surface area contributed by atoms with Crippen LogP contribution in [-0.4, -0.2) is 37.4 Å². The third-order valence-electron chi connectivity index (χ3n) is 5.42. The van der Waals surface area contributed by atoms with Gasteiger partial charge in [0.2, 0.25) is 5.95 Å². The lowest BCUT2D eigenvalue weighted by Gasteiger charge is -2.23. The van der Waals surface area contributed by atoms with E-state index in [0.29, 0.717) is 41.4 Å². The van der Waals surface area contributed by atoms with Gasteiger partial charge in [0.15, 0.2) is 0 Å². The molecule has 0 saturated carbocycles. The number of aryl methyl sites for hydroxylation is 1. The monoisotopic (exact) mass is 483 g/mol. The summed E-state index contributed by atoms with van der Waals surface area (Å²) < 4.78 is 15.3. The second kappa shape index (κ2) is 10.2. The van der Waals surface area contributed by atoms with Crippen molar-refractivity contribution in [2.75, 3.05) is 17.2 Å². The summed E-state index contributed by atoms with van der Waals surface area (Å²) in [5, 5.41) is 11.2. The van der Waals surface area contributed by atoms with Gasteiger partial charge in [-0.05, 0) is 35.9 Å². The molecular formula is C26H22FN7O2. The summed E-state index contributed by atoms with van der Waals surface area (Å²) >= 11 is 0. The summed E-state index contributed by atoms with van der Waals surface area (Å²) in [6, 6.07) is 12.6. The van der Waals surface area contributed by atoms with Crippen LogP contribution in [0.5, 0.6) is 0 Å². The van der Waals surface area contributed by atoms with E-state index in [1.165, 1.54) is 17.2 Å². The Morgan fingerprint density at radius 3 is 2.64 bits per heavy atom. The first-order chi connectivity index (χ1) is 17.5. The second-order valence-corrected chi connectivity index (χ2v) is 8.10. The largest absolute Gasteiger partial charge is 0.346 e. The number of amides is 2. The highest BCUT2D eigenvalue weighted by molar-refractivity contribution is 5.89. The van der Waals surface area contributed by atoms with Gasteiger partial charge in [0.25, 0.3) is 0 Å². The van der Waals surface area contributed by atoms with E-state index in [9.17, 15) is 9.18 Å². The Morgan fingerprint density at radius 2 is 1.86 bits per heavy atom. The van der Waals surface area contributed by atoms with Gasteiger partial charge < -0.3 is 10.6 Å². The van der Waals surface area contributed by atoms with Gasteiger partial charge in [0.1, 0.15) is 5.82 Å². The first-order valence-electron chi connectivity index (χ1n) is 11.2. The van der Waals surface area contributed by atoms with Gasteiger partial charge in [-0.3, -0.25) is 9.52 Å². The Balaban J connectivity index is 1.23. The summed E-state index contributed by atoms with van der Waals surface area (Å²) in [6.45, 7) is 0.374. The van der Waals surface area contributed by atoms with Gasteiger partial charge in [0, 0.05) is 43.3 Å². The maximum Gasteiger partial charge on any atom is 0.346 e. The number of carbonyl (C=O) groups excluding carboxylic acids is 1. The highest BCUT2D eigenvalue weighted by Gasteiger charge is 2.32. The van der Waals surface area contributed by atoms with Gasteiger partial charge in [-0.1, -0.05) is 30.0 Å². The smallest absolute Gasteiger partial charge is 0.321 e. The number of rotatable bonds is 4. The van der Waals surface area contributed by atoms with Gasteiger partial charge in [-0.25, -0.2) is 19.2 Å². The quantitative estimate of drug-likeness (QED) is 0.418. The van der Waals surface area contributed by atoms with E-state index in [4.69, 9.17) is 4.84 Å². The number of hydrogen-bond donors (Lipinski definition) is 2. The van der Waals surface area contributed by atoms with Crippen molar-refractivity contribution < 1.29 is 14.0 Å². The Kier molecular flexibility index (Phi) is 6.55. The van der Waals surface area contributed by atoms with E-state index in [1.807, 2.05) is 19.3 Å². The van der Waals surface area contributed by atoms with Gasteiger partial charge in [-0.2, -0.15) is 10.2 Å². The lowest BCUT2D eigenvalue weighted by Crippen LogP contribution is -2.33. The van der Waals surface area contributed by atoms with Crippen LogP contribution < -0.4 is 10.6 Å². The van der Waals surface area contributed by atoms with Gasteiger partial charge in [-0.15, -0.1) is 0 Å². The Hall–Kier alpha value is -4.75. The molecule has 9 nitrogen and oxygen atoms in total. The minimum absolute atomic E-state index is 0.351. The molecule has 0 unspecified atom stereocenters. The van der Waals surface area contributed by atoms with E-state index in [2.05, 4.69) is 37.5 Å². The fourth-order valence-corrected chi connectivity index (χ4v) is 3.76. The molecule has 180 valence electrons. The molecule has 0 bridgehead atoms. The molecule has 0 aliphatic carbocycles. The molecule has 10 heteroatoms. The van der Waals surface area contributed by atoms with Crippen molar-refractivity contribution in [3.63, 3.8) is 0 Å². The fraction of sp³-hybridized carbons (Fsp3) is 0.154. The number of aromatic nitrogens is 4. The molecule has 1 fully saturated rings. The standard InChI is InChI=1S/C26H22FN7O2/c1-33-17-23(16-30-33)31-25-28-14-19(15-29-25)9-8-18-4-2-7-22(12-18)32-26(35)34-24(10-11-36-34)20-5-3-6-21(27)13-20/h2-7,12-17,24H,10-11H2,1H3,(H,32,35)(H,28,29,31)/t24-/m0/s1. The van der Waals surface area contributed by atoms with E-state index < -0.39 is 6.03 Å². The molecule has 1 aliphatic heterocycles. The molecule has 36 heavy (non-hydrogen) atoms. The molecule has 2 N–H and O–H groups in total. The average Bonchev–Trinajstić information content (AvgIpc) is 3.53. The number of anilines is 3. The van der Waals surface area contributed by atoms with Crippen LogP contribution in [0.25, 0.3) is 0 Å². The molecule has 4 aromatic rings. The molecule has 0 radical (unpaired) electrons. The van der Waals surface area contributed by atoms with Crippen LogP contribution in [0.1, 0.15) is 29.2 Å². The minimum atomic E-state index is -0.433. The lowest BCUT2D eigenvalue weighted by molar-refractivity contribution is -0.0830. The van der Waals surface area contributed by atoms with Crippen LogP contribution in [0.4, 0.5) is 26.5 Å². The number of halogens is 1. The molecule has 1 saturated heterocycles. The predicted molar refractivity (Wildman–Crippen MR) is 132 cm³/mol. The molecule has 1 aliphatic rings. The Labute approximate surface area is 206 Å². The topological polar surface area (TPSA) is 97.2 Å². The Morgan fingerprint density at radius 1 is 1.06 bits per heavy atom. The summed E-state index contributed by atoms with van der Waals surface area (Å²) in [5.41, 5.74) is 3.38. The third kappa shape index (κ3) is 5.48. The van der Waals surface area contributed by atoms with Crippen molar-refractivity contribution in [3.05, 3.63) is 95.8 Å². The Bertz CT molecular complexity index is 1440. The van der Waals surface area contributed by atoms with Crippen molar-refractivity contribution in [2.24, 2.45) is 7.05 Å². The number of hydroxylamine groups is 2. The highest BCUT2D eigenvalue weighted by Crippen LogP contribution is 2.31. The molecule has 5 rings (SSSR count). The maximum atomic E-state index is 13.7. The van der Waals surface area contributed by atoms with Crippen LogP contribution in [0.2, 0.25) is 0 Å². The molecule has 1 atom stereocenters. The molecule has 2 aromatic carbocycles. The lowest BCUT2D eigenvalue weighted by atomic mass is 10.0. The van der Waals surface area contributed by atoms with Crippen molar-refractivity contribution in [3.8, 4) is 11.8 Å². The molecule has 3 heterocycles. The van der Waals surface area contributed by atoms with E-state index >= 15 is 0 Å². The van der Waals surface area contributed by atoms with Crippen LogP contribution in [0, 0.1) is 17.7 Å². The van der Waals surface area contributed by atoms with Crippen LogP contribution in [-0.2, 0) is 11.9 Å². The number of carbonyl (C=O) groups is 1. The second-order valence-electron chi connectivity index (χ2n) is 8.10. The third-order valence-corrected chi connectivity index (χ3v) is 5.42. The first kappa shape index (κ1) is 23.0. The van der Waals surface area contributed by atoms with Crippen LogP contribution in [0.15, 0.2) is 73.3 Å². The van der Waals surface area contributed by atoms with Gasteiger partial charge in [0.05, 0.1) is 30.1 Å². The molecule has 2 aromatic heterocycles. The minimum Gasteiger partial charge on any atom is -0.321 e. The average molecular weight is 484 g/mol. The summed E-state index contributed by atoms with van der Waals surface area (Å²) in [7, 11) is 1.83. The number of hydrogen-bond acceptors (Lipinski definition) is 6. The van der Waals surface area contributed by atoms with Crippen LogP contribution >= 0.6 is 0 Å². The maximum absolute atomic E-state index is 13.7. The van der Waals surface area contributed by atoms with Crippen molar-refractivity contribution in [1.29, 1.82) is 0 Å². The van der Waals surface area contributed by atoms with Crippen molar-refractivity contribution >= 4 is 23.4 Å². The molecule has 2 amide bonds. The van der Waals surface area contributed by atoms with E-state index in [-0.39, 0.29) is 11.9 Å². The van der Waals surface area contributed by atoms with E-state index in [0.717, 1.165) is 5.69 Å². The molecule has 0 spiro atoms. The van der Waals surface area contributed by atoms with Gasteiger partial charge >= 0.3 is 6.03 Å². The number of nitrogens with one attached hydrogen (secondary N) is 2. The van der Waals surface area contributed by atoms with Crippen LogP contribution in [0.3, 0.4) is 0 Å². The van der Waals surface area contributed by atoms with Crippen molar-refractivity contribution in [1.82, 2.24) is 24.8 Å². The normalized spacial score (nSPS) is 14.7. The number of nitrogens with zero attached hydrogens (tertiary/aromatic N) is 5. The van der Waals surface area contributed by atoms with E-state index in [1.54, 1.807) is 53.6 Å². The summed E-state index contributed by atoms with van der Waals surface area (Å²) in [6.07, 6.45) is 7.34.